The van der Waals surface area contributed by atoms with E-state index >= 15 is 0 Å². The molecule has 0 heterocycles. The van der Waals surface area contributed by atoms with E-state index in [-0.39, 0.29) is 18.7 Å². The minimum atomic E-state index is -0.841. The first-order valence-corrected chi connectivity index (χ1v) is 6.90. The third kappa shape index (κ3) is 7.10. The summed E-state index contributed by atoms with van der Waals surface area (Å²) in [6.07, 6.45) is 1.54. The molecule has 0 unspecified atom stereocenters. The van der Waals surface area contributed by atoms with E-state index < -0.39 is 11.9 Å². The van der Waals surface area contributed by atoms with Gasteiger partial charge in [-0.05, 0) is 38.3 Å². The van der Waals surface area contributed by atoms with Gasteiger partial charge in [0.25, 0.3) is 0 Å². The van der Waals surface area contributed by atoms with Crippen molar-refractivity contribution in [1.29, 1.82) is 0 Å². The topological polar surface area (TPSA) is 88.0 Å². The van der Waals surface area contributed by atoms with Crippen LogP contribution in [0.1, 0.15) is 32.6 Å². The summed E-state index contributed by atoms with van der Waals surface area (Å²) in [5, 5.41) is 12.7. The number of unbranched alkanes of at least 4 members (excludes halogenated alkanes) is 1. The molecule has 0 bridgehead atoms. The number of hydrogen-bond donors (Lipinski definition) is 2. The molecule has 6 nitrogen and oxygen atoms in total. The summed E-state index contributed by atoms with van der Waals surface area (Å²) in [7, 11) is 0. The summed E-state index contributed by atoms with van der Waals surface area (Å²) < 4.78 is 4.94. The van der Waals surface area contributed by atoms with E-state index in [2.05, 4.69) is 10.5 Å². The summed E-state index contributed by atoms with van der Waals surface area (Å²) in [5.74, 6) is -1.32. The number of nitrogens with one attached hydrogen (secondary N) is 1. The molecule has 0 saturated heterocycles. The van der Waals surface area contributed by atoms with Gasteiger partial charge in [0.1, 0.15) is 5.71 Å². The molecule has 21 heavy (non-hydrogen) atoms. The van der Waals surface area contributed by atoms with Gasteiger partial charge in [-0.25, -0.2) is 4.79 Å². The van der Waals surface area contributed by atoms with Crippen molar-refractivity contribution in [2.75, 3.05) is 12.0 Å². The van der Waals surface area contributed by atoms with Gasteiger partial charge >= 0.3 is 11.9 Å². The van der Waals surface area contributed by atoms with E-state index in [1.807, 2.05) is 30.3 Å². The Balaban J connectivity index is 2.58. The molecule has 2 N–H and O–H groups in total. The Kier molecular flexibility index (Phi) is 7.56. The normalized spacial score (nSPS) is 11.0. The molecule has 0 saturated carbocycles. The predicted molar refractivity (Wildman–Crippen MR) is 80.2 cm³/mol. The zero-order chi connectivity index (χ0) is 15.5. The van der Waals surface area contributed by atoms with Crippen molar-refractivity contribution in [3.05, 3.63) is 30.3 Å². The number of aliphatic carboxylic acids is 1. The van der Waals surface area contributed by atoms with Gasteiger partial charge in [0, 0.05) is 6.42 Å². The van der Waals surface area contributed by atoms with Crippen LogP contribution in [-0.2, 0) is 14.3 Å². The highest BCUT2D eigenvalue weighted by Crippen LogP contribution is 2.07. The fourth-order valence-corrected chi connectivity index (χ4v) is 1.63. The number of carbonyl (C=O) groups excluding carboxylic acids is 1. The van der Waals surface area contributed by atoms with E-state index in [1.54, 1.807) is 6.92 Å². The van der Waals surface area contributed by atoms with E-state index in [0.717, 1.165) is 5.69 Å². The van der Waals surface area contributed by atoms with Crippen LogP contribution in [0.3, 0.4) is 0 Å². The van der Waals surface area contributed by atoms with Crippen LogP contribution in [0.5, 0.6) is 0 Å². The highest BCUT2D eigenvalue weighted by atomic mass is 16.5. The Labute approximate surface area is 123 Å². The van der Waals surface area contributed by atoms with Crippen molar-refractivity contribution in [3.63, 3.8) is 0 Å². The maximum absolute atomic E-state index is 11.8. The second-order valence-electron chi connectivity index (χ2n) is 4.36. The van der Waals surface area contributed by atoms with Crippen molar-refractivity contribution in [1.82, 2.24) is 0 Å². The molecule has 6 heteroatoms. The maximum Gasteiger partial charge on any atom is 0.354 e. The highest BCUT2D eigenvalue weighted by Gasteiger charge is 2.13. The molecular weight excluding hydrogens is 272 g/mol. The molecule has 0 spiro atoms. The van der Waals surface area contributed by atoms with Crippen LogP contribution >= 0.6 is 0 Å². The first-order valence-electron chi connectivity index (χ1n) is 6.90. The summed E-state index contributed by atoms with van der Waals surface area (Å²) in [4.78, 5) is 22.2. The minimum Gasteiger partial charge on any atom is -0.481 e. The molecule has 1 aromatic rings. The number of hydrogen-bond acceptors (Lipinski definition) is 5. The number of carboxylic acid groups (broad SMARTS) is 1. The molecule has 0 fully saturated rings. The smallest absolute Gasteiger partial charge is 0.354 e. The Hall–Kier alpha value is -2.37. The third-order valence-corrected chi connectivity index (χ3v) is 2.66. The first-order chi connectivity index (χ1) is 10.1. The summed E-state index contributed by atoms with van der Waals surface area (Å²) in [6.45, 7) is 2.00. The van der Waals surface area contributed by atoms with Crippen LogP contribution in [0.15, 0.2) is 35.4 Å². The molecule has 0 aromatic heterocycles. The standard InChI is InChI=1S/C15H20N2O4/c1-2-21-15(20)13(10-6-7-11-14(18)19)17-16-12-8-4-3-5-9-12/h3-5,8-9,16H,2,6-7,10-11H2,1H3,(H,18,19). The summed E-state index contributed by atoms with van der Waals surface area (Å²) in [6, 6.07) is 9.25. The first kappa shape index (κ1) is 16.7. The molecule has 114 valence electrons. The number of benzene rings is 1. The van der Waals surface area contributed by atoms with Gasteiger partial charge in [-0.3, -0.25) is 10.2 Å². The van der Waals surface area contributed by atoms with Crippen LogP contribution in [0.4, 0.5) is 5.69 Å². The largest absolute Gasteiger partial charge is 0.481 e. The summed E-state index contributed by atoms with van der Waals surface area (Å²) in [5.41, 5.74) is 3.84. The second-order valence-corrected chi connectivity index (χ2v) is 4.36. The van der Waals surface area contributed by atoms with Crippen molar-refractivity contribution < 1.29 is 19.4 Å². The zero-order valence-electron chi connectivity index (χ0n) is 12.0. The Bertz CT molecular complexity index is 486. The van der Waals surface area contributed by atoms with Gasteiger partial charge in [-0.2, -0.15) is 5.10 Å². The van der Waals surface area contributed by atoms with Crippen molar-refractivity contribution in [2.24, 2.45) is 5.10 Å². The molecule has 0 aliphatic rings. The lowest BCUT2D eigenvalue weighted by Gasteiger charge is -2.07. The quantitative estimate of drug-likeness (QED) is 0.316. The number of anilines is 1. The SMILES string of the molecule is CCOC(=O)C(CCCCC(=O)O)=NNc1ccccc1. The van der Waals surface area contributed by atoms with Gasteiger partial charge in [0.05, 0.1) is 12.3 Å². The van der Waals surface area contributed by atoms with Crippen molar-refractivity contribution in [2.45, 2.75) is 32.6 Å². The van der Waals surface area contributed by atoms with Crippen LogP contribution in [0.25, 0.3) is 0 Å². The molecule has 0 amide bonds. The molecule has 1 rings (SSSR count). The molecule has 0 aliphatic heterocycles. The average molecular weight is 292 g/mol. The van der Waals surface area contributed by atoms with E-state index in [0.29, 0.717) is 19.3 Å². The fraction of sp³-hybridized carbons (Fsp3) is 0.400. The third-order valence-electron chi connectivity index (χ3n) is 2.66. The van der Waals surface area contributed by atoms with E-state index in [4.69, 9.17) is 9.84 Å². The monoisotopic (exact) mass is 292 g/mol. The molecule has 0 radical (unpaired) electrons. The number of nitrogens with zero attached hydrogens (tertiary/aromatic N) is 1. The number of carbonyl (C=O) groups is 2. The highest BCUT2D eigenvalue weighted by molar-refractivity contribution is 6.36. The van der Waals surface area contributed by atoms with Crippen LogP contribution in [0, 0.1) is 0 Å². The average Bonchev–Trinajstić information content (AvgIpc) is 2.47. The van der Waals surface area contributed by atoms with Gasteiger partial charge in [-0.1, -0.05) is 18.2 Å². The predicted octanol–water partition coefficient (Wildman–Crippen LogP) is 2.66. The number of hydrazone groups is 1. The van der Waals surface area contributed by atoms with Crippen LogP contribution < -0.4 is 5.43 Å². The maximum atomic E-state index is 11.8. The Morgan fingerprint density at radius 1 is 1.19 bits per heavy atom. The summed E-state index contributed by atoms with van der Waals surface area (Å²) >= 11 is 0. The number of ether oxygens (including phenoxy) is 1. The second kappa shape index (κ2) is 9.52. The number of esters is 1. The van der Waals surface area contributed by atoms with E-state index in [9.17, 15) is 9.59 Å². The van der Waals surface area contributed by atoms with Gasteiger partial charge in [0.15, 0.2) is 0 Å². The molecular formula is C15H20N2O4. The Morgan fingerprint density at radius 2 is 1.86 bits per heavy atom. The lowest BCUT2D eigenvalue weighted by molar-refractivity contribution is -0.137. The van der Waals surface area contributed by atoms with Crippen molar-refractivity contribution in [3.8, 4) is 0 Å². The van der Waals surface area contributed by atoms with Gasteiger partial charge < -0.3 is 9.84 Å². The molecule has 0 aliphatic carbocycles. The Morgan fingerprint density at radius 3 is 2.48 bits per heavy atom. The van der Waals surface area contributed by atoms with Crippen molar-refractivity contribution >= 4 is 23.3 Å². The number of para-hydroxylation sites is 1. The minimum absolute atomic E-state index is 0.0855. The number of carboxylic acids is 1. The zero-order valence-corrected chi connectivity index (χ0v) is 12.0. The van der Waals surface area contributed by atoms with E-state index in [1.165, 1.54) is 0 Å². The lowest BCUT2D eigenvalue weighted by Crippen LogP contribution is -2.19. The molecule has 0 atom stereocenters. The molecule has 1 aromatic carbocycles. The van der Waals surface area contributed by atoms with Gasteiger partial charge in [-0.15, -0.1) is 0 Å². The fourth-order valence-electron chi connectivity index (χ4n) is 1.63. The van der Waals surface area contributed by atoms with Gasteiger partial charge in [0.2, 0.25) is 0 Å². The number of rotatable bonds is 9. The van der Waals surface area contributed by atoms with Crippen LogP contribution in [-0.4, -0.2) is 29.4 Å². The lowest BCUT2D eigenvalue weighted by atomic mass is 10.1. The van der Waals surface area contributed by atoms with Crippen LogP contribution in [0.2, 0.25) is 0 Å².